The summed E-state index contributed by atoms with van der Waals surface area (Å²) in [5, 5.41) is 10.3. The van der Waals surface area contributed by atoms with E-state index in [1.165, 1.54) is 11.3 Å². The summed E-state index contributed by atoms with van der Waals surface area (Å²) < 4.78 is 1.07. The second kappa shape index (κ2) is 7.17. The van der Waals surface area contributed by atoms with E-state index in [0.29, 0.717) is 11.7 Å². The molecule has 1 unspecified atom stereocenters. The predicted molar refractivity (Wildman–Crippen MR) is 91.4 cm³/mol. The molecule has 1 aromatic heterocycles. The molecule has 6 heteroatoms. The molecule has 0 saturated carbocycles. The largest absolute Gasteiger partial charge is 0.392 e. The number of aliphatic hydroxyl groups is 1. The van der Waals surface area contributed by atoms with Gasteiger partial charge in [0, 0.05) is 19.6 Å². The summed E-state index contributed by atoms with van der Waals surface area (Å²) >= 11 is 1.51. The van der Waals surface area contributed by atoms with Gasteiger partial charge in [0.2, 0.25) is 5.91 Å². The summed E-state index contributed by atoms with van der Waals surface area (Å²) in [5.41, 5.74) is 0.909. The lowest BCUT2D eigenvalue weighted by atomic mass is 10.2. The molecule has 0 radical (unpaired) electrons. The number of rotatable bonds is 6. The Morgan fingerprint density at radius 3 is 2.59 bits per heavy atom. The van der Waals surface area contributed by atoms with E-state index in [1.807, 2.05) is 43.0 Å². The number of anilines is 1. The number of fused-ring (bicyclic) bond motifs is 1. The first-order valence-electron chi connectivity index (χ1n) is 7.42. The van der Waals surface area contributed by atoms with Crippen LogP contribution in [0, 0.1) is 0 Å². The summed E-state index contributed by atoms with van der Waals surface area (Å²) in [6, 6.07) is 8.05. The fourth-order valence-corrected chi connectivity index (χ4v) is 3.13. The summed E-state index contributed by atoms with van der Waals surface area (Å²) in [6.45, 7) is 6.53. The molecule has 0 saturated heterocycles. The van der Waals surface area contributed by atoms with E-state index in [0.717, 1.165) is 10.2 Å². The van der Waals surface area contributed by atoms with Gasteiger partial charge in [0.05, 0.1) is 22.9 Å². The minimum Gasteiger partial charge on any atom is -0.392 e. The van der Waals surface area contributed by atoms with Crippen LogP contribution in [0.3, 0.4) is 0 Å². The molecule has 2 rings (SSSR count). The quantitative estimate of drug-likeness (QED) is 0.887. The summed E-state index contributed by atoms with van der Waals surface area (Å²) in [7, 11) is 1.75. The molecule has 120 valence electrons. The maximum Gasteiger partial charge on any atom is 0.242 e. The van der Waals surface area contributed by atoms with Crippen LogP contribution >= 0.6 is 11.3 Å². The predicted octanol–water partition coefficient (Wildman–Crippen LogP) is 2.35. The number of amides is 1. The van der Waals surface area contributed by atoms with Crippen molar-refractivity contribution in [3.8, 4) is 0 Å². The lowest BCUT2D eigenvalue weighted by molar-refractivity contribution is -0.120. The third-order valence-electron chi connectivity index (χ3n) is 3.51. The van der Waals surface area contributed by atoms with Gasteiger partial charge < -0.3 is 5.11 Å². The highest BCUT2D eigenvalue weighted by atomic mass is 32.1. The van der Waals surface area contributed by atoms with Crippen LogP contribution in [-0.2, 0) is 4.79 Å². The van der Waals surface area contributed by atoms with Crippen molar-refractivity contribution in [2.45, 2.75) is 32.9 Å². The molecule has 1 N–H and O–H groups in total. The number of nitrogens with zero attached hydrogens (tertiary/aromatic N) is 3. The van der Waals surface area contributed by atoms with Crippen molar-refractivity contribution in [1.29, 1.82) is 0 Å². The highest BCUT2D eigenvalue weighted by Crippen LogP contribution is 2.27. The lowest BCUT2D eigenvalue weighted by Crippen LogP contribution is -2.44. The summed E-state index contributed by atoms with van der Waals surface area (Å²) in [6.07, 6.45) is -0.456. The lowest BCUT2D eigenvalue weighted by Gasteiger charge is -2.28. The second-order valence-electron chi connectivity index (χ2n) is 5.79. The number of carbonyl (C=O) groups is 1. The number of likely N-dealkylation sites (N-methyl/N-ethyl adjacent to an activating group) is 1. The topological polar surface area (TPSA) is 56.7 Å². The Balaban J connectivity index is 2.10. The average Bonchev–Trinajstić information content (AvgIpc) is 2.88. The number of hydrogen-bond acceptors (Lipinski definition) is 5. The molecule has 1 aromatic carbocycles. The Kier molecular flexibility index (Phi) is 5.50. The molecule has 0 aliphatic rings. The van der Waals surface area contributed by atoms with Gasteiger partial charge >= 0.3 is 0 Å². The van der Waals surface area contributed by atoms with Crippen LogP contribution in [0.2, 0.25) is 0 Å². The average molecular weight is 321 g/mol. The highest BCUT2D eigenvalue weighted by Gasteiger charge is 2.21. The van der Waals surface area contributed by atoms with Gasteiger partial charge in [-0.25, -0.2) is 4.98 Å². The van der Waals surface area contributed by atoms with Crippen LogP contribution < -0.4 is 4.90 Å². The zero-order chi connectivity index (χ0) is 16.3. The van der Waals surface area contributed by atoms with E-state index in [4.69, 9.17) is 0 Å². The second-order valence-corrected chi connectivity index (χ2v) is 6.80. The molecule has 1 heterocycles. The SMILES string of the molecule is CC(O)CN(CC(=O)N(C)c1nc2ccccc2s1)C(C)C. The molecular weight excluding hydrogens is 298 g/mol. The Hall–Kier alpha value is -1.50. The molecule has 1 amide bonds. The first-order valence-corrected chi connectivity index (χ1v) is 8.24. The third kappa shape index (κ3) is 4.03. The van der Waals surface area contributed by atoms with Gasteiger partial charge in [0.1, 0.15) is 0 Å². The molecule has 5 nitrogen and oxygen atoms in total. The number of aliphatic hydroxyl groups excluding tert-OH is 1. The van der Waals surface area contributed by atoms with Gasteiger partial charge in [-0.05, 0) is 32.9 Å². The van der Waals surface area contributed by atoms with E-state index < -0.39 is 6.10 Å². The van der Waals surface area contributed by atoms with Crippen LogP contribution in [-0.4, -0.2) is 53.2 Å². The normalized spacial score (nSPS) is 13.0. The standard InChI is InChI=1S/C16H23N3O2S/c1-11(2)19(9-12(3)20)10-15(21)18(4)16-17-13-7-5-6-8-14(13)22-16/h5-8,11-12,20H,9-10H2,1-4H3. The number of thiazole rings is 1. The van der Waals surface area contributed by atoms with Crippen molar-refractivity contribution in [3.05, 3.63) is 24.3 Å². The van der Waals surface area contributed by atoms with Crippen LogP contribution in [0.15, 0.2) is 24.3 Å². The van der Waals surface area contributed by atoms with Crippen molar-refractivity contribution < 1.29 is 9.90 Å². The first-order chi connectivity index (χ1) is 10.4. The molecule has 0 aliphatic carbocycles. The fourth-order valence-electron chi connectivity index (χ4n) is 2.19. The van der Waals surface area contributed by atoms with Crippen LogP contribution in [0.25, 0.3) is 10.2 Å². The molecule has 0 bridgehead atoms. The van der Waals surface area contributed by atoms with E-state index in [-0.39, 0.29) is 18.5 Å². The maximum atomic E-state index is 12.5. The van der Waals surface area contributed by atoms with E-state index in [1.54, 1.807) is 18.9 Å². The summed E-state index contributed by atoms with van der Waals surface area (Å²) in [5.74, 6) is -0.0200. The Morgan fingerprint density at radius 2 is 2.00 bits per heavy atom. The molecule has 0 fully saturated rings. The molecule has 1 atom stereocenters. The molecule has 0 spiro atoms. The highest BCUT2D eigenvalue weighted by molar-refractivity contribution is 7.22. The number of aromatic nitrogens is 1. The smallest absolute Gasteiger partial charge is 0.242 e. The number of benzene rings is 1. The van der Waals surface area contributed by atoms with Gasteiger partial charge in [-0.2, -0.15) is 0 Å². The van der Waals surface area contributed by atoms with E-state index in [2.05, 4.69) is 4.98 Å². The maximum absolute atomic E-state index is 12.5. The first kappa shape index (κ1) is 16.9. The van der Waals surface area contributed by atoms with Gasteiger partial charge in [0.15, 0.2) is 5.13 Å². The molecule has 2 aromatic rings. The number of carbonyl (C=O) groups excluding carboxylic acids is 1. The van der Waals surface area contributed by atoms with E-state index >= 15 is 0 Å². The van der Waals surface area contributed by atoms with Crippen LogP contribution in [0.4, 0.5) is 5.13 Å². The molecule has 0 aliphatic heterocycles. The Bertz CT molecular complexity index is 606. The van der Waals surface area contributed by atoms with Gasteiger partial charge in [0.25, 0.3) is 0 Å². The summed E-state index contributed by atoms with van der Waals surface area (Å²) in [4.78, 5) is 20.6. The minimum atomic E-state index is -0.456. The van der Waals surface area contributed by atoms with Gasteiger partial charge in [-0.15, -0.1) is 0 Å². The van der Waals surface area contributed by atoms with Crippen molar-refractivity contribution in [3.63, 3.8) is 0 Å². The van der Waals surface area contributed by atoms with Gasteiger partial charge in [-0.1, -0.05) is 23.5 Å². The van der Waals surface area contributed by atoms with Crippen LogP contribution in [0.1, 0.15) is 20.8 Å². The minimum absolute atomic E-state index is 0.0200. The van der Waals surface area contributed by atoms with E-state index in [9.17, 15) is 9.90 Å². The zero-order valence-corrected chi connectivity index (χ0v) is 14.3. The van der Waals surface area contributed by atoms with Crippen molar-refractivity contribution >= 4 is 32.6 Å². The zero-order valence-electron chi connectivity index (χ0n) is 13.5. The Morgan fingerprint density at radius 1 is 1.32 bits per heavy atom. The molecule has 22 heavy (non-hydrogen) atoms. The Labute approximate surface area is 135 Å². The van der Waals surface area contributed by atoms with Crippen molar-refractivity contribution in [2.24, 2.45) is 0 Å². The molecular formula is C16H23N3O2S. The number of para-hydroxylation sites is 1. The fraction of sp³-hybridized carbons (Fsp3) is 0.500. The van der Waals surface area contributed by atoms with Crippen molar-refractivity contribution in [1.82, 2.24) is 9.88 Å². The third-order valence-corrected chi connectivity index (χ3v) is 4.62. The monoisotopic (exact) mass is 321 g/mol. The van der Waals surface area contributed by atoms with Crippen molar-refractivity contribution in [2.75, 3.05) is 25.0 Å². The van der Waals surface area contributed by atoms with Gasteiger partial charge in [-0.3, -0.25) is 14.6 Å². The number of hydrogen-bond donors (Lipinski definition) is 1. The van der Waals surface area contributed by atoms with Crippen LogP contribution in [0.5, 0.6) is 0 Å².